The number of hydrogen-bond donors (Lipinski definition) is 2. The molecule has 1 aromatic carbocycles. The number of guanidine groups is 1. The summed E-state index contributed by atoms with van der Waals surface area (Å²) in [5, 5.41) is 0. The molecule has 0 atom stereocenters. The molecule has 94 valence electrons. The Labute approximate surface area is 102 Å². The fourth-order valence-corrected chi connectivity index (χ4v) is 1.41. The van der Waals surface area contributed by atoms with Gasteiger partial charge < -0.3 is 9.64 Å². The molecule has 5 nitrogen and oxygen atoms in total. The molecule has 0 aliphatic heterocycles. The molecular weight excluding hydrogens is 216 g/mol. The van der Waals surface area contributed by atoms with E-state index in [9.17, 15) is 0 Å². The van der Waals surface area contributed by atoms with Crippen LogP contribution in [0.2, 0.25) is 0 Å². The van der Waals surface area contributed by atoms with Gasteiger partial charge in [-0.05, 0) is 26.0 Å². The zero-order valence-corrected chi connectivity index (χ0v) is 10.8. The van der Waals surface area contributed by atoms with Crippen molar-refractivity contribution in [3.8, 4) is 5.75 Å². The quantitative estimate of drug-likeness (QED) is 0.360. The van der Waals surface area contributed by atoms with Gasteiger partial charge in [0, 0.05) is 24.8 Å². The Kier molecular flexibility index (Phi) is 4.78. The molecule has 0 fully saturated rings. The molecule has 0 aliphatic rings. The van der Waals surface area contributed by atoms with E-state index in [1.807, 2.05) is 50.1 Å². The topological polar surface area (TPSA) is 62.9 Å². The lowest BCUT2D eigenvalue weighted by Crippen LogP contribution is -2.43. The van der Waals surface area contributed by atoms with Crippen LogP contribution in [0.15, 0.2) is 29.3 Å². The molecule has 17 heavy (non-hydrogen) atoms. The second-order valence-electron chi connectivity index (χ2n) is 3.95. The molecule has 3 N–H and O–H groups in total. The van der Waals surface area contributed by atoms with Crippen molar-refractivity contribution in [2.75, 3.05) is 19.1 Å². The highest BCUT2D eigenvalue weighted by molar-refractivity contribution is 5.95. The van der Waals surface area contributed by atoms with Gasteiger partial charge in [0.2, 0.25) is 5.96 Å². The molecule has 0 amide bonds. The Bertz CT molecular complexity index is 390. The van der Waals surface area contributed by atoms with Crippen LogP contribution in [-0.2, 0) is 0 Å². The molecular formula is C12H20N4O. The summed E-state index contributed by atoms with van der Waals surface area (Å²) in [6, 6.07) is 7.89. The summed E-state index contributed by atoms with van der Waals surface area (Å²) >= 11 is 0. The van der Waals surface area contributed by atoms with E-state index in [0.717, 1.165) is 11.4 Å². The number of rotatable bonds is 3. The minimum Gasteiger partial charge on any atom is -0.497 e. The largest absolute Gasteiger partial charge is 0.497 e. The average molecular weight is 236 g/mol. The number of anilines is 1. The Morgan fingerprint density at radius 1 is 1.47 bits per heavy atom. The van der Waals surface area contributed by atoms with Crippen molar-refractivity contribution in [1.29, 1.82) is 0 Å². The van der Waals surface area contributed by atoms with Gasteiger partial charge >= 0.3 is 0 Å². The van der Waals surface area contributed by atoms with Crippen LogP contribution in [0.4, 0.5) is 5.69 Å². The SMILES string of the molecule is COc1cccc(N(C)C(=NC(C)C)NN)c1. The van der Waals surface area contributed by atoms with E-state index in [0.29, 0.717) is 5.96 Å². The smallest absolute Gasteiger partial charge is 0.212 e. The molecule has 0 heterocycles. The first-order valence-corrected chi connectivity index (χ1v) is 5.50. The zero-order chi connectivity index (χ0) is 12.8. The average Bonchev–Trinajstić information content (AvgIpc) is 2.35. The number of methoxy groups -OCH3 is 1. The number of benzene rings is 1. The Hall–Kier alpha value is -1.75. The van der Waals surface area contributed by atoms with Gasteiger partial charge in [0.15, 0.2) is 0 Å². The van der Waals surface area contributed by atoms with Gasteiger partial charge in [0.1, 0.15) is 5.75 Å². The Balaban J connectivity index is 2.97. The third kappa shape index (κ3) is 3.64. The number of hydrogen-bond acceptors (Lipinski definition) is 3. The predicted octanol–water partition coefficient (Wildman–Crippen LogP) is 1.36. The van der Waals surface area contributed by atoms with Crippen molar-refractivity contribution in [1.82, 2.24) is 5.43 Å². The molecule has 0 saturated carbocycles. The third-order valence-corrected chi connectivity index (χ3v) is 2.27. The Morgan fingerprint density at radius 2 is 2.18 bits per heavy atom. The van der Waals surface area contributed by atoms with E-state index in [1.54, 1.807) is 7.11 Å². The van der Waals surface area contributed by atoms with E-state index in [2.05, 4.69) is 10.4 Å². The van der Waals surface area contributed by atoms with Crippen molar-refractivity contribution in [3.63, 3.8) is 0 Å². The lowest BCUT2D eigenvalue weighted by atomic mass is 10.3. The third-order valence-electron chi connectivity index (χ3n) is 2.27. The van der Waals surface area contributed by atoms with Gasteiger partial charge in [-0.1, -0.05) is 6.07 Å². The fourth-order valence-electron chi connectivity index (χ4n) is 1.41. The first-order valence-electron chi connectivity index (χ1n) is 5.50. The lowest BCUT2D eigenvalue weighted by molar-refractivity contribution is 0.415. The summed E-state index contributed by atoms with van der Waals surface area (Å²) in [4.78, 5) is 6.27. The second kappa shape index (κ2) is 6.10. The number of nitrogens with one attached hydrogen (secondary N) is 1. The van der Waals surface area contributed by atoms with Gasteiger partial charge in [0.05, 0.1) is 7.11 Å². The summed E-state index contributed by atoms with van der Waals surface area (Å²) in [6.45, 7) is 3.99. The number of ether oxygens (including phenoxy) is 1. The van der Waals surface area contributed by atoms with Crippen molar-refractivity contribution in [2.45, 2.75) is 19.9 Å². The highest BCUT2D eigenvalue weighted by Crippen LogP contribution is 2.19. The maximum absolute atomic E-state index is 5.48. The van der Waals surface area contributed by atoms with Gasteiger partial charge in [0.25, 0.3) is 0 Å². The van der Waals surface area contributed by atoms with Crippen molar-refractivity contribution < 1.29 is 4.74 Å². The van der Waals surface area contributed by atoms with Crippen LogP contribution >= 0.6 is 0 Å². The summed E-state index contributed by atoms with van der Waals surface area (Å²) in [5.41, 5.74) is 3.56. The number of hydrazine groups is 1. The van der Waals surface area contributed by atoms with Crippen molar-refractivity contribution in [2.24, 2.45) is 10.8 Å². The number of aliphatic imine (C=N–C) groups is 1. The summed E-state index contributed by atoms with van der Waals surface area (Å²) in [6.07, 6.45) is 0. The van der Waals surface area contributed by atoms with Crippen LogP contribution < -0.4 is 20.9 Å². The zero-order valence-electron chi connectivity index (χ0n) is 10.8. The van der Waals surface area contributed by atoms with Gasteiger partial charge in [-0.25, -0.2) is 10.8 Å². The number of nitrogens with two attached hydrogens (primary N) is 1. The van der Waals surface area contributed by atoms with Gasteiger partial charge in [-0.2, -0.15) is 0 Å². The molecule has 0 aliphatic carbocycles. The highest BCUT2D eigenvalue weighted by Gasteiger charge is 2.08. The molecule has 0 bridgehead atoms. The summed E-state index contributed by atoms with van der Waals surface area (Å²) in [5.74, 6) is 6.90. The minimum atomic E-state index is 0.175. The molecule has 0 saturated heterocycles. The molecule has 1 aromatic rings. The van der Waals surface area contributed by atoms with Crippen molar-refractivity contribution in [3.05, 3.63) is 24.3 Å². The molecule has 0 spiro atoms. The van der Waals surface area contributed by atoms with Crippen LogP contribution in [0, 0.1) is 0 Å². The van der Waals surface area contributed by atoms with E-state index < -0.39 is 0 Å². The summed E-state index contributed by atoms with van der Waals surface area (Å²) < 4.78 is 5.18. The van der Waals surface area contributed by atoms with Crippen LogP contribution in [0.25, 0.3) is 0 Å². The number of nitrogens with zero attached hydrogens (tertiary/aromatic N) is 2. The van der Waals surface area contributed by atoms with E-state index >= 15 is 0 Å². The molecule has 0 radical (unpaired) electrons. The van der Waals surface area contributed by atoms with Gasteiger partial charge in [-0.15, -0.1) is 0 Å². The normalized spacial score (nSPS) is 11.5. The Morgan fingerprint density at radius 3 is 2.71 bits per heavy atom. The first-order chi connectivity index (χ1) is 8.08. The van der Waals surface area contributed by atoms with Crippen LogP contribution in [0.3, 0.4) is 0 Å². The lowest BCUT2D eigenvalue weighted by Gasteiger charge is -2.21. The predicted molar refractivity (Wildman–Crippen MR) is 71.3 cm³/mol. The van der Waals surface area contributed by atoms with E-state index in [1.165, 1.54) is 0 Å². The van der Waals surface area contributed by atoms with E-state index in [4.69, 9.17) is 10.6 Å². The van der Waals surface area contributed by atoms with Crippen LogP contribution in [0.1, 0.15) is 13.8 Å². The first kappa shape index (κ1) is 13.3. The standard InChI is InChI=1S/C12H20N4O/c1-9(2)14-12(15-13)16(3)10-6-5-7-11(8-10)17-4/h5-9H,13H2,1-4H3,(H,14,15). The molecule has 1 rings (SSSR count). The minimum absolute atomic E-state index is 0.175. The van der Waals surface area contributed by atoms with E-state index in [-0.39, 0.29) is 6.04 Å². The fraction of sp³-hybridized carbons (Fsp3) is 0.417. The molecule has 0 aromatic heterocycles. The molecule has 5 heteroatoms. The van der Waals surface area contributed by atoms with Crippen LogP contribution in [0.5, 0.6) is 5.75 Å². The van der Waals surface area contributed by atoms with Gasteiger partial charge in [-0.3, -0.25) is 5.43 Å². The van der Waals surface area contributed by atoms with Crippen molar-refractivity contribution >= 4 is 11.6 Å². The highest BCUT2D eigenvalue weighted by atomic mass is 16.5. The second-order valence-corrected chi connectivity index (χ2v) is 3.95. The maximum Gasteiger partial charge on any atom is 0.212 e. The van der Waals surface area contributed by atoms with Crippen LogP contribution in [-0.4, -0.2) is 26.2 Å². The maximum atomic E-state index is 5.48. The summed E-state index contributed by atoms with van der Waals surface area (Å²) in [7, 11) is 3.54. The monoisotopic (exact) mass is 236 g/mol. The molecule has 0 unspecified atom stereocenters.